The van der Waals surface area contributed by atoms with Gasteiger partial charge in [-0.15, -0.1) is 0 Å². The molecule has 110 heavy (non-hydrogen) atoms. The zero-order valence-corrected chi connectivity index (χ0v) is 66.8. The van der Waals surface area contributed by atoms with E-state index in [0.717, 1.165) is 21.8 Å². The minimum atomic E-state index is -1.85. The number of esters is 4. The number of nitrogens with zero attached hydrogens (tertiary/aromatic N) is 3. The summed E-state index contributed by atoms with van der Waals surface area (Å²) in [7, 11) is 7.39. The molecule has 4 aromatic carbocycles. The van der Waals surface area contributed by atoms with E-state index in [1.54, 1.807) is 121 Å². The first-order valence-corrected chi connectivity index (χ1v) is 37.5. The molecule has 0 saturated carbocycles. The van der Waals surface area contributed by atoms with Crippen LogP contribution in [-0.4, -0.2) is 164 Å². The van der Waals surface area contributed by atoms with Crippen molar-refractivity contribution in [2.24, 2.45) is 86.3 Å². The van der Waals surface area contributed by atoms with E-state index in [9.17, 15) is 68.1 Å². The highest BCUT2D eigenvalue weighted by Gasteiger charge is 2.61. The lowest BCUT2D eigenvalue weighted by Crippen LogP contribution is -2.51. The van der Waals surface area contributed by atoms with Gasteiger partial charge in [0.25, 0.3) is 11.8 Å². The molecular weight excluding hydrogens is 1410 g/mol. The van der Waals surface area contributed by atoms with E-state index in [1.165, 1.54) is 65.8 Å². The minimum Gasteiger partial charge on any atom is -0.481 e. The smallest absolute Gasteiger partial charge is 0.318 e. The Kier molecular flexibility index (Phi) is 29.9. The summed E-state index contributed by atoms with van der Waals surface area (Å²) in [5.41, 5.74) is -3.76. The van der Waals surface area contributed by atoms with Crippen LogP contribution in [0, 0.1) is 93.2 Å². The van der Waals surface area contributed by atoms with Crippen LogP contribution < -0.4 is 30.5 Å². The van der Waals surface area contributed by atoms with Crippen molar-refractivity contribution in [2.75, 3.05) is 70.8 Å². The number of anilines is 2. The standard InChI is InChI=1S/C84H112N6O20/c1-19-80(5,6)67(79(107)109-56-37-31-51(32-38-56)62(92)43-61(91)50-25-23-48(3)24-26-50)60(75(102)103)47-82(9,10)64(70(95)87-40-21-39-85-68(93)52-27-33-54(34-28-52)88(15)16)58(73(98)99)45-83(11,12)65-57(71(96)90(72(65)97)42-22-41-86-69(94)53-29-35-55(36-30-53)89(17)18)44-84(13,14)66(77(105)108-20-2)59(74(100)101)46-81(7,8)63-49(4)76(104)110-78(63)106/h23-38,49,57-60,63-67H,19-22,39-47H2,1-18H3,(H,85,93)(H,86,94)(H,87,95)(H,98,99)(H,100,101)(H,102,103). The lowest BCUT2D eigenvalue weighted by Gasteiger charge is -2.45. The van der Waals surface area contributed by atoms with Crippen molar-refractivity contribution < 1.29 is 96.7 Å². The van der Waals surface area contributed by atoms with Gasteiger partial charge in [-0.25, -0.2) is 0 Å². The predicted molar refractivity (Wildman–Crippen MR) is 411 cm³/mol. The molecule has 2 aliphatic heterocycles. The van der Waals surface area contributed by atoms with Crippen LogP contribution in [0.15, 0.2) is 97.1 Å². The molecule has 5 amide bonds. The lowest BCUT2D eigenvalue weighted by molar-refractivity contribution is -0.166. The number of ketones is 2. The molecule has 0 aromatic heterocycles. The fraction of sp³-hybridized carbons (Fsp3) is 0.548. The Hall–Kier alpha value is -10.1. The molecule has 2 aliphatic rings. The number of benzene rings is 4. The SMILES string of the molecule is CCOC(=O)C(C(CC(C)(C)C1C(=O)OC(=O)C1C)C(=O)O)C(C)(C)CC1C(=O)N(CCCNC(=O)c2ccc(N(C)C)cc2)C(=O)C1C(C)(C)CC(C(=O)O)C(C(=O)NCCCNC(=O)c1ccc(N(C)C)cc1)C(C)(C)CC(C(=O)O)C(C(=O)Oc1ccc(C(=O)CC(=O)c2ccc(C)cc2)cc1)C(C)(C)CC. The Bertz CT molecular complexity index is 4050. The molecular formula is C84H112N6O20. The number of carboxylic acids is 3. The quantitative estimate of drug-likeness (QED) is 0.00600. The Morgan fingerprint density at radius 2 is 0.936 bits per heavy atom. The number of likely N-dealkylation sites (tertiary alicyclic amines) is 1. The summed E-state index contributed by atoms with van der Waals surface area (Å²) in [4.78, 5) is 203. The Balaban J connectivity index is 1.42. The number of amides is 5. The maximum absolute atomic E-state index is 15.7. The normalized spacial score (nSPS) is 17.9. The largest absolute Gasteiger partial charge is 0.481 e. The topological polar surface area (TPSA) is 373 Å². The lowest BCUT2D eigenvalue weighted by atomic mass is 9.57. The predicted octanol–water partition coefficient (Wildman–Crippen LogP) is 10.8. The summed E-state index contributed by atoms with van der Waals surface area (Å²) < 4.78 is 16.6. The van der Waals surface area contributed by atoms with Crippen LogP contribution in [-0.2, 0) is 57.4 Å². The molecule has 0 aliphatic carbocycles. The minimum absolute atomic E-state index is 0.0100. The van der Waals surface area contributed by atoms with Crippen molar-refractivity contribution in [1.29, 1.82) is 0 Å². The summed E-state index contributed by atoms with van der Waals surface area (Å²) in [6, 6.07) is 25.8. The molecule has 2 fully saturated rings. The third-order valence-corrected chi connectivity index (χ3v) is 22.3. The van der Waals surface area contributed by atoms with Gasteiger partial charge in [0, 0.05) is 88.0 Å². The van der Waals surface area contributed by atoms with Gasteiger partial charge in [-0.1, -0.05) is 119 Å². The maximum atomic E-state index is 15.7. The number of aryl methyl sites for hydroxylation is 1. The van der Waals surface area contributed by atoms with Crippen molar-refractivity contribution in [1.82, 2.24) is 20.9 Å². The first-order valence-electron chi connectivity index (χ1n) is 37.5. The third-order valence-electron chi connectivity index (χ3n) is 22.3. The zero-order valence-electron chi connectivity index (χ0n) is 66.8. The molecule has 26 heteroatoms. The van der Waals surface area contributed by atoms with E-state index < -0.39 is 201 Å². The van der Waals surface area contributed by atoms with Crippen molar-refractivity contribution in [3.8, 4) is 5.75 Å². The van der Waals surface area contributed by atoms with E-state index >= 15 is 14.4 Å². The van der Waals surface area contributed by atoms with E-state index in [4.69, 9.17) is 14.2 Å². The molecule has 0 spiro atoms. The van der Waals surface area contributed by atoms with Crippen LogP contribution in [0.2, 0.25) is 0 Å². The van der Waals surface area contributed by atoms with Crippen LogP contribution in [0.5, 0.6) is 5.75 Å². The third kappa shape index (κ3) is 21.9. The van der Waals surface area contributed by atoms with Crippen LogP contribution >= 0.6 is 0 Å². The van der Waals surface area contributed by atoms with Gasteiger partial charge in [0.05, 0.1) is 72.2 Å². The zero-order chi connectivity index (χ0) is 82.5. The average Bonchev–Trinajstić information content (AvgIpc) is 1.53. The van der Waals surface area contributed by atoms with Gasteiger partial charge in [-0.05, 0) is 152 Å². The Morgan fingerprint density at radius 1 is 0.509 bits per heavy atom. The number of rotatable bonds is 41. The second-order valence-electron chi connectivity index (χ2n) is 33.3. The number of carbonyl (C=O) groups is 14. The molecule has 598 valence electrons. The number of aliphatic carboxylic acids is 3. The maximum Gasteiger partial charge on any atom is 0.318 e. The highest BCUT2D eigenvalue weighted by molar-refractivity contribution is 6.13. The molecule has 2 heterocycles. The van der Waals surface area contributed by atoms with Crippen LogP contribution in [0.1, 0.15) is 188 Å². The number of hydrogen-bond acceptors (Lipinski definition) is 19. The highest BCUT2D eigenvalue weighted by atomic mass is 16.6. The molecule has 6 N–H and O–H groups in total. The number of nitrogens with one attached hydrogen (secondary N) is 3. The summed E-state index contributed by atoms with van der Waals surface area (Å²) in [6.45, 7) is 21.5. The number of carboxylic acid groups (broad SMARTS) is 3. The summed E-state index contributed by atoms with van der Waals surface area (Å²) >= 11 is 0. The van der Waals surface area contributed by atoms with Crippen molar-refractivity contribution in [3.05, 3.63) is 125 Å². The molecule has 0 bridgehead atoms. The van der Waals surface area contributed by atoms with Crippen LogP contribution in [0.3, 0.4) is 0 Å². The van der Waals surface area contributed by atoms with Gasteiger partial charge in [0.2, 0.25) is 17.7 Å². The summed E-state index contributed by atoms with van der Waals surface area (Å²) in [5, 5.41) is 43.1. The Morgan fingerprint density at radius 3 is 1.38 bits per heavy atom. The molecule has 10 unspecified atom stereocenters. The fourth-order valence-corrected chi connectivity index (χ4v) is 16.2. The van der Waals surface area contributed by atoms with E-state index in [-0.39, 0.29) is 63.4 Å². The second kappa shape index (κ2) is 37.0. The molecule has 6 rings (SSSR count). The number of hydrogen-bond donors (Lipinski definition) is 6. The first kappa shape index (κ1) is 88.8. The molecule has 10 atom stereocenters. The van der Waals surface area contributed by atoms with E-state index in [1.807, 2.05) is 44.9 Å². The van der Waals surface area contributed by atoms with Crippen LogP contribution in [0.4, 0.5) is 11.4 Å². The average molecular weight is 1530 g/mol. The number of cyclic esters (lactones) is 2. The fourth-order valence-electron chi connectivity index (χ4n) is 16.2. The van der Waals surface area contributed by atoms with Gasteiger partial charge >= 0.3 is 41.8 Å². The molecule has 26 nitrogen and oxygen atoms in total. The molecule has 4 aromatic rings. The monoisotopic (exact) mass is 1520 g/mol. The highest BCUT2D eigenvalue weighted by Crippen LogP contribution is 2.55. The number of ether oxygens (including phenoxy) is 3. The summed E-state index contributed by atoms with van der Waals surface area (Å²) in [6.07, 6.45) is -2.10. The summed E-state index contributed by atoms with van der Waals surface area (Å²) in [5.74, 6) is -27.8. The molecule has 2 saturated heterocycles. The molecule has 0 radical (unpaired) electrons. The number of imide groups is 1. The second-order valence-corrected chi connectivity index (χ2v) is 33.3. The number of carbonyl (C=O) groups excluding carboxylic acids is 11. The van der Waals surface area contributed by atoms with Crippen molar-refractivity contribution in [3.63, 3.8) is 0 Å². The van der Waals surface area contributed by atoms with Crippen LogP contribution in [0.25, 0.3) is 0 Å². The van der Waals surface area contributed by atoms with Gasteiger partial charge < -0.3 is 55.3 Å². The van der Waals surface area contributed by atoms with E-state index in [2.05, 4.69) is 16.0 Å². The van der Waals surface area contributed by atoms with Gasteiger partial charge in [0.1, 0.15) is 5.75 Å². The van der Waals surface area contributed by atoms with E-state index in [0.29, 0.717) is 16.7 Å². The first-order chi connectivity index (χ1) is 51.2. The van der Waals surface area contributed by atoms with Gasteiger partial charge in [-0.3, -0.25) is 72.0 Å². The van der Waals surface area contributed by atoms with Gasteiger partial charge in [-0.2, -0.15) is 0 Å². The van der Waals surface area contributed by atoms with Crippen molar-refractivity contribution >= 4 is 94.3 Å². The van der Waals surface area contributed by atoms with Gasteiger partial charge in [0.15, 0.2) is 11.6 Å². The van der Waals surface area contributed by atoms with Crippen molar-refractivity contribution in [2.45, 2.75) is 148 Å². The Labute approximate surface area is 644 Å². The number of Topliss-reactive ketones (excluding diaryl/α,β-unsaturated/α-hetero) is 2.